The molecule has 0 saturated heterocycles. The Morgan fingerprint density at radius 3 is 2.70 bits per heavy atom. The third-order valence-electron chi connectivity index (χ3n) is 3.51. The lowest BCUT2D eigenvalue weighted by Gasteiger charge is -2.28. The van der Waals surface area contributed by atoms with Gasteiger partial charge in [-0.1, -0.05) is 35.8 Å². The normalized spacial score (nSPS) is 11.8. The van der Waals surface area contributed by atoms with Gasteiger partial charge in [0.1, 0.15) is 12.8 Å². The first-order valence-electron chi connectivity index (χ1n) is 7.28. The van der Waals surface area contributed by atoms with Crippen molar-refractivity contribution in [1.82, 2.24) is 10.1 Å². The molecule has 23 heavy (non-hydrogen) atoms. The van der Waals surface area contributed by atoms with Crippen molar-refractivity contribution in [1.29, 1.82) is 0 Å². The fourth-order valence-electron chi connectivity index (χ4n) is 2.05. The van der Waals surface area contributed by atoms with E-state index in [2.05, 4.69) is 15.0 Å². The van der Waals surface area contributed by atoms with Crippen LogP contribution in [-0.2, 0) is 4.79 Å². The Hall–Kier alpha value is -2.34. The van der Waals surface area contributed by atoms with Crippen LogP contribution in [0.3, 0.4) is 0 Å². The predicted octanol–water partition coefficient (Wildman–Crippen LogP) is 3.21. The molecule has 122 valence electrons. The van der Waals surface area contributed by atoms with Crippen LogP contribution in [0.4, 0.5) is 5.82 Å². The van der Waals surface area contributed by atoms with Gasteiger partial charge in [0.05, 0.1) is 10.6 Å². The summed E-state index contributed by atoms with van der Waals surface area (Å²) in [6.45, 7) is 3.75. The molecule has 0 bridgehead atoms. The van der Waals surface area contributed by atoms with E-state index in [0.717, 1.165) is 0 Å². The molecule has 0 saturated carbocycles. The summed E-state index contributed by atoms with van der Waals surface area (Å²) in [5, 5.41) is 6.56. The van der Waals surface area contributed by atoms with Gasteiger partial charge in [-0.25, -0.2) is 0 Å². The molecular weight excluding hydrogens is 318 g/mol. The molecule has 1 atom stereocenters. The second kappa shape index (κ2) is 7.78. The molecule has 0 unspecified atom stereocenters. The largest absolute Gasteiger partial charge is 0.363 e. The van der Waals surface area contributed by atoms with Gasteiger partial charge in [-0.15, -0.1) is 0 Å². The molecule has 6 nitrogen and oxygen atoms in total. The minimum absolute atomic E-state index is 0.0913. The Kier molecular flexibility index (Phi) is 5.76. The molecule has 7 heteroatoms. The standard InChI is InChI=1S/C16H18ClN3O3/c1-3-11(2)20(10-15(21)18-14-8-9-23-19-14)16(22)12-6-4-5-7-13(12)17/h4-9,11H,3,10H2,1-2H3,(H,18,19,21)/t11-/m0/s1. The van der Waals surface area contributed by atoms with Gasteiger partial charge < -0.3 is 14.7 Å². The number of hydrogen-bond acceptors (Lipinski definition) is 4. The molecular formula is C16H18ClN3O3. The zero-order valence-corrected chi connectivity index (χ0v) is 13.7. The van der Waals surface area contributed by atoms with Gasteiger partial charge in [0.15, 0.2) is 5.82 Å². The van der Waals surface area contributed by atoms with Crippen LogP contribution in [0.5, 0.6) is 0 Å². The number of aromatic nitrogens is 1. The van der Waals surface area contributed by atoms with E-state index in [0.29, 0.717) is 22.8 Å². The highest BCUT2D eigenvalue weighted by Gasteiger charge is 2.24. The first kappa shape index (κ1) is 17.0. The Balaban J connectivity index is 2.15. The van der Waals surface area contributed by atoms with E-state index in [1.54, 1.807) is 24.3 Å². The third-order valence-corrected chi connectivity index (χ3v) is 3.84. The summed E-state index contributed by atoms with van der Waals surface area (Å²) in [6.07, 6.45) is 2.07. The topological polar surface area (TPSA) is 75.4 Å². The lowest BCUT2D eigenvalue weighted by Crippen LogP contribution is -2.43. The first-order valence-corrected chi connectivity index (χ1v) is 7.66. The van der Waals surface area contributed by atoms with Crippen LogP contribution in [0.25, 0.3) is 0 Å². The van der Waals surface area contributed by atoms with E-state index in [1.165, 1.54) is 17.2 Å². The third kappa shape index (κ3) is 4.32. The number of hydrogen-bond donors (Lipinski definition) is 1. The molecule has 1 aromatic heterocycles. The SMILES string of the molecule is CC[C@H](C)N(CC(=O)Nc1ccon1)C(=O)c1ccccc1Cl. The van der Waals surface area contributed by atoms with E-state index < -0.39 is 0 Å². The summed E-state index contributed by atoms with van der Waals surface area (Å²) in [5.74, 6) is -0.316. The Morgan fingerprint density at radius 2 is 2.09 bits per heavy atom. The molecule has 1 N–H and O–H groups in total. The van der Waals surface area contributed by atoms with E-state index in [-0.39, 0.29) is 24.4 Å². The van der Waals surface area contributed by atoms with Gasteiger partial charge in [-0.2, -0.15) is 0 Å². The summed E-state index contributed by atoms with van der Waals surface area (Å²) < 4.78 is 4.66. The van der Waals surface area contributed by atoms with Gasteiger partial charge in [0.2, 0.25) is 5.91 Å². The van der Waals surface area contributed by atoms with Crippen LogP contribution in [0, 0.1) is 0 Å². The highest BCUT2D eigenvalue weighted by atomic mass is 35.5. The molecule has 2 aromatic rings. The number of anilines is 1. The second-order valence-electron chi connectivity index (χ2n) is 5.10. The minimum atomic E-state index is -0.348. The molecule has 0 radical (unpaired) electrons. The molecule has 2 rings (SSSR count). The molecule has 0 spiro atoms. The van der Waals surface area contributed by atoms with Gasteiger partial charge in [-0.3, -0.25) is 9.59 Å². The molecule has 1 heterocycles. The lowest BCUT2D eigenvalue weighted by atomic mass is 10.1. The number of nitrogens with zero attached hydrogens (tertiary/aromatic N) is 2. The van der Waals surface area contributed by atoms with Crippen LogP contribution in [0.15, 0.2) is 41.1 Å². The average molecular weight is 336 g/mol. The van der Waals surface area contributed by atoms with Crippen molar-refractivity contribution in [2.24, 2.45) is 0 Å². The van der Waals surface area contributed by atoms with E-state index in [9.17, 15) is 9.59 Å². The maximum absolute atomic E-state index is 12.7. The fourth-order valence-corrected chi connectivity index (χ4v) is 2.27. The number of carbonyl (C=O) groups is 2. The summed E-state index contributed by atoms with van der Waals surface area (Å²) in [6, 6.07) is 8.21. The fraction of sp³-hybridized carbons (Fsp3) is 0.312. The average Bonchev–Trinajstić information content (AvgIpc) is 3.04. The molecule has 2 amide bonds. The van der Waals surface area contributed by atoms with E-state index >= 15 is 0 Å². The summed E-state index contributed by atoms with van der Waals surface area (Å²) in [7, 11) is 0. The Morgan fingerprint density at radius 1 is 1.35 bits per heavy atom. The molecule has 0 aliphatic heterocycles. The highest BCUT2D eigenvalue weighted by Crippen LogP contribution is 2.19. The molecule has 0 aliphatic carbocycles. The van der Waals surface area contributed by atoms with E-state index in [1.807, 2.05) is 13.8 Å². The van der Waals surface area contributed by atoms with Crippen molar-refractivity contribution in [2.45, 2.75) is 26.3 Å². The number of carbonyl (C=O) groups excluding carboxylic acids is 2. The van der Waals surface area contributed by atoms with Crippen molar-refractivity contribution < 1.29 is 14.1 Å². The Bertz CT molecular complexity index is 673. The van der Waals surface area contributed by atoms with Gasteiger partial charge in [0.25, 0.3) is 5.91 Å². The minimum Gasteiger partial charge on any atom is -0.363 e. The number of rotatable bonds is 6. The van der Waals surface area contributed by atoms with Crippen molar-refractivity contribution >= 4 is 29.2 Å². The van der Waals surface area contributed by atoms with Crippen molar-refractivity contribution in [3.63, 3.8) is 0 Å². The number of benzene rings is 1. The number of nitrogens with one attached hydrogen (secondary N) is 1. The molecule has 0 fully saturated rings. The number of amides is 2. The van der Waals surface area contributed by atoms with Crippen molar-refractivity contribution in [3.05, 3.63) is 47.2 Å². The molecule has 0 aliphatic rings. The smallest absolute Gasteiger partial charge is 0.256 e. The zero-order valence-electron chi connectivity index (χ0n) is 13.0. The lowest BCUT2D eigenvalue weighted by molar-refractivity contribution is -0.117. The van der Waals surface area contributed by atoms with Gasteiger partial charge >= 0.3 is 0 Å². The van der Waals surface area contributed by atoms with Crippen molar-refractivity contribution in [3.8, 4) is 0 Å². The van der Waals surface area contributed by atoms with Crippen molar-refractivity contribution in [2.75, 3.05) is 11.9 Å². The van der Waals surface area contributed by atoms with Crippen LogP contribution in [0.1, 0.15) is 30.6 Å². The highest BCUT2D eigenvalue weighted by molar-refractivity contribution is 6.33. The molecule has 1 aromatic carbocycles. The van der Waals surface area contributed by atoms with Gasteiger partial charge in [-0.05, 0) is 25.5 Å². The van der Waals surface area contributed by atoms with Crippen LogP contribution in [0.2, 0.25) is 5.02 Å². The van der Waals surface area contributed by atoms with Crippen LogP contribution < -0.4 is 5.32 Å². The monoisotopic (exact) mass is 335 g/mol. The maximum atomic E-state index is 12.7. The zero-order chi connectivity index (χ0) is 16.8. The maximum Gasteiger partial charge on any atom is 0.256 e. The summed E-state index contributed by atoms with van der Waals surface area (Å²) in [4.78, 5) is 26.4. The van der Waals surface area contributed by atoms with Crippen LogP contribution in [-0.4, -0.2) is 34.5 Å². The summed E-state index contributed by atoms with van der Waals surface area (Å²) >= 11 is 6.09. The van der Waals surface area contributed by atoms with Crippen LogP contribution >= 0.6 is 11.6 Å². The Labute approximate surface area is 139 Å². The quantitative estimate of drug-likeness (QED) is 0.879. The predicted molar refractivity (Wildman–Crippen MR) is 87.4 cm³/mol. The van der Waals surface area contributed by atoms with E-state index in [4.69, 9.17) is 11.6 Å². The number of halogens is 1. The second-order valence-corrected chi connectivity index (χ2v) is 5.51. The van der Waals surface area contributed by atoms with Gasteiger partial charge in [0, 0.05) is 12.1 Å². The summed E-state index contributed by atoms with van der Waals surface area (Å²) in [5.41, 5.74) is 0.378. The first-order chi connectivity index (χ1) is 11.0.